The molecule has 1 unspecified atom stereocenters. The fourth-order valence-corrected chi connectivity index (χ4v) is 18.9. The van der Waals surface area contributed by atoms with Crippen molar-refractivity contribution in [3.05, 3.63) is 54.9 Å². The van der Waals surface area contributed by atoms with E-state index in [1.807, 2.05) is 29.6 Å². The van der Waals surface area contributed by atoms with Crippen molar-refractivity contribution in [1.82, 2.24) is 0 Å². The van der Waals surface area contributed by atoms with E-state index in [1.165, 1.54) is 0 Å². The summed E-state index contributed by atoms with van der Waals surface area (Å²) in [6.45, 7) is 22.8. The largest absolute Gasteiger partial charge is 0.433 e. The lowest BCUT2D eigenvalue weighted by Gasteiger charge is -2.41. The highest BCUT2D eigenvalue weighted by atomic mass is 28.5. The maximum absolute atomic E-state index is 6.69. The van der Waals surface area contributed by atoms with Gasteiger partial charge in [-0.05, 0) is 51.0 Å². The molecule has 0 aliphatic carbocycles. The quantitative estimate of drug-likeness (QED) is 0.572. The van der Waals surface area contributed by atoms with Crippen molar-refractivity contribution in [2.75, 3.05) is 0 Å². The maximum atomic E-state index is 6.69. The summed E-state index contributed by atoms with van der Waals surface area (Å²) in [4.78, 5) is 0. The van der Waals surface area contributed by atoms with E-state index in [0.29, 0.717) is 0 Å². The molecule has 134 valence electrons. The maximum Gasteiger partial charge on any atom is 0.350 e. The molecule has 7 heteroatoms. The van der Waals surface area contributed by atoms with Crippen molar-refractivity contribution in [3.63, 3.8) is 0 Å². The van der Waals surface area contributed by atoms with Gasteiger partial charge in [0, 0.05) is 0 Å². The summed E-state index contributed by atoms with van der Waals surface area (Å²) >= 11 is 0. The molecule has 1 atom stereocenters. The van der Waals surface area contributed by atoms with Gasteiger partial charge in [0.05, 0.1) is 0 Å². The molecule has 1 rings (SSSR count). The third-order valence-corrected chi connectivity index (χ3v) is 18.3. The average Bonchev–Trinajstić information content (AvgIpc) is 2.46. The molecular formula is C17H32O3Si4. The van der Waals surface area contributed by atoms with Crippen molar-refractivity contribution in [2.24, 2.45) is 0 Å². The standard InChI is InChI=1S/C17H32O3Si4/c1-10-21(3,4)18-23(7,8)20-24(9,19-22(5,6)11-2)17-15-13-12-14-16-17/h10-16H,1-2H2,3-9H3. The minimum Gasteiger partial charge on any atom is -0.433 e. The predicted molar refractivity (Wildman–Crippen MR) is 114 cm³/mol. The first-order chi connectivity index (χ1) is 10.8. The normalized spacial score (nSPS) is 15.6. The Morgan fingerprint density at radius 3 is 1.62 bits per heavy atom. The Kier molecular flexibility index (Phi) is 6.96. The monoisotopic (exact) mass is 396 g/mol. The zero-order chi connectivity index (χ0) is 18.6. The summed E-state index contributed by atoms with van der Waals surface area (Å²) in [5.41, 5.74) is 3.91. The van der Waals surface area contributed by atoms with Gasteiger partial charge in [0.15, 0.2) is 16.6 Å². The number of hydrogen-bond donors (Lipinski definition) is 0. The van der Waals surface area contributed by atoms with E-state index in [9.17, 15) is 0 Å². The molecular weight excluding hydrogens is 365 g/mol. The second kappa shape index (κ2) is 7.77. The van der Waals surface area contributed by atoms with Gasteiger partial charge < -0.3 is 12.3 Å². The Morgan fingerprint density at radius 2 is 1.17 bits per heavy atom. The zero-order valence-electron chi connectivity index (χ0n) is 16.2. The van der Waals surface area contributed by atoms with Crippen LogP contribution in [0.5, 0.6) is 0 Å². The summed E-state index contributed by atoms with van der Waals surface area (Å²) in [6, 6.07) is 10.3. The van der Waals surface area contributed by atoms with Gasteiger partial charge in [-0.2, -0.15) is 0 Å². The number of hydrogen-bond acceptors (Lipinski definition) is 3. The number of rotatable bonds is 9. The molecule has 24 heavy (non-hydrogen) atoms. The van der Waals surface area contributed by atoms with Gasteiger partial charge in [-0.15, -0.1) is 13.2 Å². The molecule has 0 aromatic heterocycles. The third-order valence-electron chi connectivity index (χ3n) is 3.69. The van der Waals surface area contributed by atoms with E-state index in [2.05, 4.69) is 71.1 Å². The van der Waals surface area contributed by atoms with Crippen LogP contribution in [0, 0.1) is 0 Å². The summed E-state index contributed by atoms with van der Waals surface area (Å²) in [5.74, 6) is 0. The first kappa shape index (κ1) is 21.5. The van der Waals surface area contributed by atoms with Crippen LogP contribution >= 0.6 is 0 Å². The predicted octanol–water partition coefficient (Wildman–Crippen LogP) is 4.58. The lowest BCUT2D eigenvalue weighted by molar-refractivity contribution is 0.339. The fourth-order valence-electron chi connectivity index (χ4n) is 2.59. The van der Waals surface area contributed by atoms with Gasteiger partial charge >= 0.3 is 17.1 Å². The van der Waals surface area contributed by atoms with Crippen LogP contribution in [0.25, 0.3) is 0 Å². The molecule has 0 heterocycles. The highest BCUT2D eigenvalue weighted by Crippen LogP contribution is 2.24. The second-order valence-corrected chi connectivity index (χ2v) is 22.6. The molecule has 0 radical (unpaired) electrons. The minimum atomic E-state index is -2.61. The molecule has 0 bridgehead atoms. The van der Waals surface area contributed by atoms with Gasteiger partial charge in [0.1, 0.15) is 0 Å². The Morgan fingerprint density at radius 1 is 0.708 bits per heavy atom. The van der Waals surface area contributed by atoms with Crippen LogP contribution < -0.4 is 5.19 Å². The van der Waals surface area contributed by atoms with Crippen LogP contribution in [-0.2, 0) is 12.3 Å². The number of benzene rings is 1. The summed E-state index contributed by atoms with van der Waals surface area (Å²) in [5, 5.41) is 1.13. The summed E-state index contributed by atoms with van der Waals surface area (Å²) < 4.78 is 19.7. The highest BCUT2D eigenvalue weighted by Gasteiger charge is 2.46. The van der Waals surface area contributed by atoms with Crippen molar-refractivity contribution < 1.29 is 12.3 Å². The topological polar surface area (TPSA) is 27.7 Å². The van der Waals surface area contributed by atoms with E-state index in [1.54, 1.807) is 0 Å². The summed E-state index contributed by atoms with van der Waals surface area (Å²) in [6.07, 6.45) is 0. The lowest BCUT2D eigenvalue weighted by Crippen LogP contribution is -2.63. The molecule has 0 spiro atoms. The SMILES string of the molecule is C=C[Si](C)(C)O[Si](C)(C)O[Si](C)(O[Si](C)(C)C=C)c1ccccc1. The second-order valence-electron chi connectivity index (χ2n) is 7.63. The smallest absolute Gasteiger partial charge is 0.350 e. The van der Waals surface area contributed by atoms with E-state index in [4.69, 9.17) is 12.3 Å². The van der Waals surface area contributed by atoms with Gasteiger partial charge in [0.25, 0.3) is 0 Å². The molecule has 0 aliphatic heterocycles. The van der Waals surface area contributed by atoms with Crippen LogP contribution in [0.2, 0.25) is 45.8 Å². The fraction of sp³-hybridized carbons (Fsp3) is 0.412. The van der Waals surface area contributed by atoms with Crippen molar-refractivity contribution in [3.8, 4) is 0 Å². The van der Waals surface area contributed by atoms with Crippen molar-refractivity contribution in [1.29, 1.82) is 0 Å². The van der Waals surface area contributed by atoms with Crippen LogP contribution in [0.3, 0.4) is 0 Å². The molecule has 0 aliphatic rings. The van der Waals surface area contributed by atoms with Gasteiger partial charge in [-0.3, -0.25) is 0 Å². The van der Waals surface area contributed by atoms with Gasteiger partial charge in [-0.25, -0.2) is 0 Å². The van der Waals surface area contributed by atoms with Crippen LogP contribution in [-0.4, -0.2) is 33.8 Å². The zero-order valence-corrected chi connectivity index (χ0v) is 20.2. The Labute approximate surface area is 152 Å². The highest BCUT2D eigenvalue weighted by molar-refractivity contribution is 6.96. The van der Waals surface area contributed by atoms with Crippen molar-refractivity contribution in [2.45, 2.75) is 45.8 Å². The van der Waals surface area contributed by atoms with Crippen LogP contribution in [0.4, 0.5) is 0 Å². The molecule has 0 fully saturated rings. The van der Waals surface area contributed by atoms with E-state index < -0.39 is 33.8 Å². The average molecular weight is 397 g/mol. The van der Waals surface area contributed by atoms with E-state index in [0.717, 1.165) is 5.19 Å². The molecule has 1 aromatic rings. The third kappa shape index (κ3) is 6.39. The molecule has 1 aromatic carbocycles. The van der Waals surface area contributed by atoms with Gasteiger partial charge in [0.2, 0.25) is 0 Å². The van der Waals surface area contributed by atoms with Gasteiger partial charge in [-0.1, -0.05) is 41.7 Å². The molecule has 0 saturated carbocycles. The minimum absolute atomic E-state index is 1.13. The Bertz CT molecular complexity index is 572. The Hall–Kier alpha value is -0.552. The molecule has 0 N–H and O–H groups in total. The Balaban J connectivity index is 3.19. The van der Waals surface area contributed by atoms with Crippen LogP contribution in [0.15, 0.2) is 54.9 Å². The molecule has 0 saturated heterocycles. The van der Waals surface area contributed by atoms with Crippen molar-refractivity contribution >= 4 is 38.9 Å². The lowest BCUT2D eigenvalue weighted by atomic mass is 10.4. The van der Waals surface area contributed by atoms with Crippen LogP contribution in [0.1, 0.15) is 0 Å². The summed E-state index contributed by atoms with van der Waals surface area (Å²) in [7, 11) is -8.92. The van der Waals surface area contributed by atoms with E-state index in [-0.39, 0.29) is 0 Å². The molecule has 3 nitrogen and oxygen atoms in total. The first-order valence-electron chi connectivity index (χ1n) is 8.28. The first-order valence-corrected chi connectivity index (χ1v) is 19.4. The molecule has 0 amide bonds. The van der Waals surface area contributed by atoms with E-state index >= 15 is 0 Å².